The second-order valence-electron chi connectivity index (χ2n) is 6.07. The molecule has 3 rings (SSSR count). The summed E-state index contributed by atoms with van der Waals surface area (Å²) in [4.78, 5) is 24.2. The molecule has 152 valence electrons. The van der Waals surface area contributed by atoms with Crippen molar-refractivity contribution in [3.8, 4) is 12.3 Å². The molecule has 1 aromatic heterocycles. The van der Waals surface area contributed by atoms with Crippen LogP contribution in [0.15, 0.2) is 70.3 Å². The first kappa shape index (κ1) is 21.1. The molecule has 2 aromatic carbocycles. The minimum atomic E-state index is -3.66. The van der Waals surface area contributed by atoms with Crippen LogP contribution in [0.1, 0.15) is 15.9 Å². The zero-order chi connectivity index (χ0) is 21.6. The fourth-order valence-electron chi connectivity index (χ4n) is 2.47. The summed E-state index contributed by atoms with van der Waals surface area (Å²) >= 11 is 1.11. The number of sulfonamides is 1. The first-order chi connectivity index (χ1) is 14.4. The lowest BCUT2D eigenvalue weighted by molar-refractivity contribution is -0.115. The Kier molecular flexibility index (Phi) is 6.51. The van der Waals surface area contributed by atoms with Crippen LogP contribution in [0.4, 0.5) is 11.4 Å². The van der Waals surface area contributed by atoms with E-state index >= 15 is 0 Å². The summed E-state index contributed by atoms with van der Waals surface area (Å²) in [7, 11) is -3.66. The molecule has 3 aromatic rings. The molecule has 0 saturated heterocycles. The zero-order valence-electron chi connectivity index (χ0n) is 15.6. The molecule has 0 aliphatic carbocycles. The summed E-state index contributed by atoms with van der Waals surface area (Å²) < 4.78 is 27.1. The maximum absolute atomic E-state index is 12.2. The van der Waals surface area contributed by atoms with E-state index in [1.807, 2.05) is 0 Å². The molecule has 0 aliphatic rings. The number of amides is 2. The van der Waals surface area contributed by atoms with Crippen LogP contribution in [-0.2, 0) is 14.8 Å². The van der Waals surface area contributed by atoms with Crippen molar-refractivity contribution in [1.82, 2.24) is 5.32 Å². The lowest BCUT2D eigenvalue weighted by Gasteiger charge is -2.09. The number of anilines is 2. The van der Waals surface area contributed by atoms with Crippen LogP contribution in [-0.4, -0.2) is 26.8 Å². The molecular formula is C21H17N3O4S2. The third kappa shape index (κ3) is 5.47. The van der Waals surface area contributed by atoms with Crippen LogP contribution in [0.5, 0.6) is 0 Å². The van der Waals surface area contributed by atoms with Crippen molar-refractivity contribution in [2.45, 2.75) is 4.21 Å². The van der Waals surface area contributed by atoms with Crippen LogP contribution in [0.3, 0.4) is 0 Å². The molecule has 0 fully saturated rings. The maximum Gasteiger partial charge on any atom is 0.271 e. The highest BCUT2D eigenvalue weighted by atomic mass is 32.2. The second-order valence-corrected chi connectivity index (χ2v) is 8.93. The first-order valence-corrected chi connectivity index (χ1v) is 11.0. The topological polar surface area (TPSA) is 104 Å². The number of terminal acetylenes is 1. The first-order valence-electron chi connectivity index (χ1n) is 8.68. The molecule has 0 radical (unpaired) electrons. The lowest BCUT2D eigenvalue weighted by atomic mass is 10.2. The average Bonchev–Trinajstić information content (AvgIpc) is 3.28. The minimum absolute atomic E-state index is 0.197. The van der Waals surface area contributed by atoms with Gasteiger partial charge in [-0.15, -0.1) is 17.8 Å². The van der Waals surface area contributed by atoms with Gasteiger partial charge >= 0.3 is 0 Å². The Morgan fingerprint density at radius 1 is 1.00 bits per heavy atom. The van der Waals surface area contributed by atoms with Gasteiger partial charge in [-0.3, -0.25) is 14.3 Å². The number of hydrogen-bond acceptors (Lipinski definition) is 5. The predicted octanol–water partition coefficient (Wildman–Crippen LogP) is 2.90. The minimum Gasteiger partial charge on any atom is -0.343 e. The Labute approximate surface area is 178 Å². The van der Waals surface area contributed by atoms with Gasteiger partial charge < -0.3 is 10.6 Å². The predicted molar refractivity (Wildman–Crippen MR) is 117 cm³/mol. The molecule has 2 amide bonds. The van der Waals surface area contributed by atoms with E-state index in [0.29, 0.717) is 16.9 Å². The van der Waals surface area contributed by atoms with Gasteiger partial charge in [0.05, 0.1) is 6.54 Å². The van der Waals surface area contributed by atoms with E-state index in [1.165, 1.54) is 30.3 Å². The molecule has 0 spiro atoms. The molecule has 7 nitrogen and oxygen atoms in total. The molecule has 3 N–H and O–H groups in total. The molecule has 0 aliphatic heterocycles. The Balaban J connectivity index is 1.54. The smallest absolute Gasteiger partial charge is 0.271 e. The molecule has 0 saturated carbocycles. The Morgan fingerprint density at radius 2 is 1.77 bits per heavy atom. The molecule has 30 heavy (non-hydrogen) atoms. The van der Waals surface area contributed by atoms with E-state index < -0.39 is 21.8 Å². The largest absolute Gasteiger partial charge is 0.343 e. The zero-order valence-corrected chi connectivity index (χ0v) is 17.2. The number of carbonyl (C=O) groups excluding carboxylic acids is 2. The van der Waals surface area contributed by atoms with Crippen molar-refractivity contribution in [1.29, 1.82) is 0 Å². The van der Waals surface area contributed by atoms with Crippen molar-refractivity contribution in [2.24, 2.45) is 0 Å². The number of carbonyl (C=O) groups is 2. The van der Waals surface area contributed by atoms with E-state index in [2.05, 4.69) is 21.3 Å². The van der Waals surface area contributed by atoms with E-state index in [4.69, 9.17) is 6.42 Å². The van der Waals surface area contributed by atoms with E-state index in [1.54, 1.807) is 35.7 Å². The number of benzene rings is 2. The van der Waals surface area contributed by atoms with Gasteiger partial charge in [0.1, 0.15) is 4.21 Å². The van der Waals surface area contributed by atoms with Crippen molar-refractivity contribution in [2.75, 3.05) is 16.6 Å². The molecule has 0 atom stereocenters. The highest BCUT2D eigenvalue weighted by Crippen LogP contribution is 2.20. The highest BCUT2D eigenvalue weighted by Gasteiger charge is 2.15. The third-order valence-electron chi connectivity index (χ3n) is 3.88. The van der Waals surface area contributed by atoms with Crippen molar-refractivity contribution in [3.05, 3.63) is 77.2 Å². The highest BCUT2D eigenvalue weighted by molar-refractivity contribution is 7.94. The summed E-state index contributed by atoms with van der Waals surface area (Å²) in [5, 5.41) is 6.83. The normalized spacial score (nSPS) is 10.6. The van der Waals surface area contributed by atoms with Gasteiger partial charge in [-0.2, -0.15) is 0 Å². The van der Waals surface area contributed by atoms with Crippen molar-refractivity contribution in [3.63, 3.8) is 0 Å². The van der Waals surface area contributed by atoms with Gasteiger partial charge in [-0.1, -0.05) is 18.1 Å². The fraction of sp³-hybridized carbons (Fsp3) is 0.0476. The standard InChI is InChI=1S/C21H17N3O4S2/c1-2-15-5-3-6-18(13-15)23-19(25)14-22-21(26)16-8-10-17(11-9-16)24-30(27,28)20-7-4-12-29-20/h1,3-13,24H,14H2,(H,22,26)(H,23,25). The molecule has 0 unspecified atom stereocenters. The van der Waals surface area contributed by atoms with E-state index in [9.17, 15) is 18.0 Å². The van der Waals surface area contributed by atoms with Crippen molar-refractivity contribution < 1.29 is 18.0 Å². The Hall–Kier alpha value is -3.61. The number of thiophene rings is 1. The summed E-state index contributed by atoms with van der Waals surface area (Å²) in [6.07, 6.45) is 5.32. The SMILES string of the molecule is C#Cc1cccc(NC(=O)CNC(=O)c2ccc(NS(=O)(=O)c3cccs3)cc2)c1. The van der Waals surface area contributed by atoms with E-state index in [-0.39, 0.29) is 16.3 Å². The molecule has 0 bridgehead atoms. The molecule has 9 heteroatoms. The molecular weight excluding hydrogens is 422 g/mol. The van der Waals surface area contributed by atoms with Crippen LogP contribution in [0.25, 0.3) is 0 Å². The van der Waals surface area contributed by atoms with Gasteiger partial charge in [0.15, 0.2) is 0 Å². The van der Waals surface area contributed by atoms with Gasteiger partial charge in [0.2, 0.25) is 5.91 Å². The van der Waals surface area contributed by atoms with Crippen LogP contribution in [0, 0.1) is 12.3 Å². The van der Waals surface area contributed by atoms with Crippen LogP contribution >= 0.6 is 11.3 Å². The van der Waals surface area contributed by atoms with Gasteiger partial charge in [-0.25, -0.2) is 8.42 Å². The van der Waals surface area contributed by atoms with Gasteiger partial charge in [0.25, 0.3) is 15.9 Å². The van der Waals surface area contributed by atoms with Crippen LogP contribution < -0.4 is 15.4 Å². The number of nitrogens with one attached hydrogen (secondary N) is 3. The Bertz CT molecular complexity index is 1200. The van der Waals surface area contributed by atoms with Crippen molar-refractivity contribution >= 4 is 44.5 Å². The fourth-order valence-corrected chi connectivity index (χ4v) is 4.52. The summed E-state index contributed by atoms with van der Waals surface area (Å²) in [5.41, 5.74) is 1.78. The average molecular weight is 440 g/mol. The summed E-state index contributed by atoms with van der Waals surface area (Å²) in [5.74, 6) is 1.61. The third-order valence-corrected chi connectivity index (χ3v) is 6.66. The number of hydrogen-bond donors (Lipinski definition) is 3. The maximum atomic E-state index is 12.2. The molecule has 1 heterocycles. The quantitative estimate of drug-likeness (QED) is 0.493. The lowest BCUT2D eigenvalue weighted by Crippen LogP contribution is -2.32. The van der Waals surface area contributed by atoms with E-state index in [0.717, 1.165) is 11.3 Å². The van der Waals surface area contributed by atoms with Gasteiger partial charge in [0, 0.05) is 22.5 Å². The monoisotopic (exact) mass is 439 g/mol. The van der Waals surface area contributed by atoms with Crippen LogP contribution in [0.2, 0.25) is 0 Å². The van der Waals surface area contributed by atoms with Gasteiger partial charge in [-0.05, 0) is 53.9 Å². The summed E-state index contributed by atoms with van der Waals surface area (Å²) in [6.45, 7) is -0.230. The summed E-state index contributed by atoms with van der Waals surface area (Å²) in [6, 6.07) is 15.8. The number of rotatable bonds is 7. The second kappa shape index (κ2) is 9.26. The Morgan fingerprint density at radius 3 is 2.43 bits per heavy atom.